The van der Waals surface area contributed by atoms with Gasteiger partial charge in [-0.3, -0.25) is 4.79 Å². The fourth-order valence-electron chi connectivity index (χ4n) is 2.33. The lowest BCUT2D eigenvalue weighted by molar-refractivity contribution is -0.130. The summed E-state index contributed by atoms with van der Waals surface area (Å²) in [6.45, 7) is 1.03. The minimum absolute atomic E-state index is 0.0748. The second-order valence-electron chi connectivity index (χ2n) is 4.74. The smallest absolute Gasteiger partial charge is 0.249 e. The molecular weight excluding hydrogens is 325 g/mol. The quantitative estimate of drug-likeness (QED) is 0.862. The summed E-state index contributed by atoms with van der Waals surface area (Å²) in [5.41, 5.74) is 5.15. The maximum Gasteiger partial charge on any atom is 0.249 e. The highest BCUT2D eigenvalue weighted by atomic mass is 32.2. The highest BCUT2D eigenvalue weighted by Gasteiger charge is 2.43. The number of hydrogen-bond acceptors (Lipinski definition) is 4. The number of sulfonamides is 1. The van der Waals surface area contributed by atoms with Gasteiger partial charge in [-0.25, -0.2) is 21.6 Å². The van der Waals surface area contributed by atoms with E-state index in [1.54, 1.807) is 0 Å². The second kappa shape index (κ2) is 5.86. The molecule has 1 heterocycles. The van der Waals surface area contributed by atoms with Crippen LogP contribution in [0.1, 0.15) is 6.92 Å². The minimum atomic E-state index is -4.73. The number of nitrogens with zero attached hydrogens (tertiary/aromatic N) is 1. The van der Waals surface area contributed by atoms with E-state index in [1.807, 2.05) is 0 Å². The van der Waals surface area contributed by atoms with E-state index in [-0.39, 0.29) is 25.3 Å². The first kappa shape index (κ1) is 16.7. The first-order valence-electron chi connectivity index (χ1n) is 6.23. The van der Waals surface area contributed by atoms with Crippen LogP contribution < -0.4 is 5.73 Å². The fraction of sp³-hybridized carbons (Fsp3) is 0.417. The van der Waals surface area contributed by atoms with E-state index < -0.39 is 50.4 Å². The number of amides is 1. The van der Waals surface area contributed by atoms with Gasteiger partial charge in [0.05, 0.1) is 12.7 Å². The molecule has 1 aromatic carbocycles. The van der Waals surface area contributed by atoms with Crippen molar-refractivity contribution in [2.75, 3.05) is 13.2 Å². The summed E-state index contributed by atoms with van der Waals surface area (Å²) in [6.07, 6.45) is -0.882. The first-order valence-corrected chi connectivity index (χ1v) is 7.67. The SMILES string of the molecule is C[C@H]1OCCN(S(=O)(=O)c2c(F)cc(F)cc2F)[C@@H]1C(N)=O. The molecule has 122 valence electrons. The Morgan fingerprint density at radius 3 is 2.36 bits per heavy atom. The summed E-state index contributed by atoms with van der Waals surface area (Å²) in [7, 11) is -4.73. The maximum atomic E-state index is 13.8. The standard InChI is InChI=1S/C12H13F3N2O4S/c1-6-10(12(16)18)17(2-3-21-6)22(19,20)11-8(14)4-7(13)5-9(11)15/h4-6,10H,2-3H2,1H3,(H2,16,18)/t6-,10+/m1/s1. The Hall–Kier alpha value is -1.65. The lowest BCUT2D eigenvalue weighted by Crippen LogP contribution is -2.58. The van der Waals surface area contributed by atoms with E-state index in [4.69, 9.17) is 10.5 Å². The summed E-state index contributed by atoms with van der Waals surface area (Å²) in [6, 6.07) is -0.916. The number of halogens is 3. The van der Waals surface area contributed by atoms with Gasteiger partial charge in [0, 0.05) is 18.7 Å². The van der Waals surface area contributed by atoms with Gasteiger partial charge in [0.15, 0.2) is 4.90 Å². The lowest BCUT2D eigenvalue weighted by Gasteiger charge is -2.36. The number of primary amides is 1. The average molecular weight is 338 g/mol. The second-order valence-corrected chi connectivity index (χ2v) is 6.56. The Morgan fingerprint density at radius 2 is 1.86 bits per heavy atom. The van der Waals surface area contributed by atoms with Gasteiger partial charge in [-0.05, 0) is 6.92 Å². The highest BCUT2D eigenvalue weighted by molar-refractivity contribution is 7.89. The van der Waals surface area contributed by atoms with E-state index in [0.717, 1.165) is 0 Å². The van der Waals surface area contributed by atoms with Crippen LogP contribution in [0.3, 0.4) is 0 Å². The minimum Gasteiger partial charge on any atom is -0.375 e. The Bertz CT molecular complexity index is 687. The molecule has 0 radical (unpaired) electrons. The van der Waals surface area contributed by atoms with E-state index in [1.165, 1.54) is 6.92 Å². The van der Waals surface area contributed by atoms with Crippen LogP contribution in [0.4, 0.5) is 13.2 Å². The molecule has 0 bridgehead atoms. The normalized spacial score (nSPS) is 23.5. The molecule has 0 aromatic heterocycles. The monoisotopic (exact) mass is 338 g/mol. The molecule has 0 unspecified atom stereocenters. The number of carbonyl (C=O) groups is 1. The number of ether oxygens (including phenoxy) is 1. The van der Waals surface area contributed by atoms with Crippen molar-refractivity contribution in [1.82, 2.24) is 4.31 Å². The fourth-order valence-corrected chi connectivity index (χ4v) is 4.06. The van der Waals surface area contributed by atoms with Crippen LogP contribution in [0.15, 0.2) is 17.0 Å². The summed E-state index contributed by atoms with van der Waals surface area (Å²) in [4.78, 5) is 10.1. The maximum absolute atomic E-state index is 13.8. The predicted octanol–water partition coefficient (Wildman–Crippen LogP) is 0.367. The number of carbonyl (C=O) groups excluding carboxylic acids is 1. The zero-order chi connectivity index (χ0) is 16.7. The zero-order valence-electron chi connectivity index (χ0n) is 11.4. The Balaban J connectivity index is 2.56. The third-order valence-electron chi connectivity index (χ3n) is 3.27. The Kier molecular flexibility index (Phi) is 4.45. The van der Waals surface area contributed by atoms with Gasteiger partial charge in [0.1, 0.15) is 23.5 Å². The summed E-state index contributed by atoms with van der Waals surface area (Å²) in [5.74, 6) is -5.44. The first-order chi connectivity index (χ1) is 10.2. The molecule has 1 aliphatic rings. The van der Waals surface area contributed by atoms with Gasteiger partial charge >= 0.3 is 0 Å². The van der Waals surface area contributed by atoms with E-state index in [9.17, 15) is 26.4 Å². The molecule has 1 amide bonds. The molecule has 0 spiro atoms. The van der Waals surface area contributed by atoms with Crippen molar-refractivity contribution >= 4 is 15.9 Å². The van der Waals surface area contributed by atoms with Gasteiger partial charge in [-0.1, -0.05) is 0 Å². The molecular formula is C12H13F3N2O4S. The molecule has 22 heavy (non-hydrogen) atoms. The van der Waals surface area contributed by atoms with Crippen LogP contribution >= 0.6 is 0 Å². The number of benzene rings is 1. The summed E-state index contributed by atoms with van der Waals surface area (Å²) < 4.78 is 71.1. The van der Waals surface area contributed by atoms with Gasteiger partial charge < -0.3 is 10.5 Å². The van der Waals surface area contributed by atoms with E-state index >= 15 is 0 Å². The molecule has 0 aliphatic carbocycles. The van der Waals surface area contributed by atoms with Crippen molar-refractivity contribution < 1.29 is 31.1 Å². The Labute approximate surface area is 124 Å². The summed E-state index contributed by atoms with van der Waals surface area (Å²) in [5, 5.41) is 0. The van der Waals surface area contributed by atoms with Crippen LogP contribution in [0.2, 0.25) is 0 Å². The molecule has 2 atom stereocenters. The number of nitrogens with two attached hydrogens (primary N) is 1. The predicted molar refractivity (Wildman–Crippen MR) is 68.6 cm³/mol. The molecule has 1 saturated heterocycles. The van der Waals surface area contributed by atoms with Gasteiger partial charge in [-0.2, -0.15) is 4.31 Å². The average Bonchev–Trinajstić information content (AvgIpc) is 2.36. The van der Waals surface area contributed by atoms with Crippen LogP contribution in [-0.4, -0.2) is 43.9 Å². The third-order valence-corrected chi connectivity index (χ3v) is 5.20. The molecule has 2 rings (SSSR count). The largest absolute Gasteiger partial charge is 0.375 e. The van der Waals surface area contributed by atoms with Crippen LogP contribution in [-0.2, 0) is 19.6 Å². The van der Waals surface area contributed by atoms with Crippen molar-refractivity contribution in [3.8, 4) is 0 Å². The number of morpholine rings is 1. The summed E-state index contributed by atoms with van der Waals surface area (Å²) >= 11 is 0. The molecule has 1 fully saturated rings. The van der Waals surface area contributed by atoms with E-state index in [2.05, 4.69) is 0 Å². The zero-order valence-corrected chi connectivity index (χ0v) is 12.2. The molecule has 10 heteroatoms. The molecule has 1 aromatic rings. The molecule has 6 nitrogen and oxygen atoms in total. The third kappa shape index (κ3) is 2.81. The topological polar surface area (TPSA) is 89.7 Å². The number of hydrogen-bond donors (Lipinski definition) is 1. The van der Waals surface area contributed by atoms with Crippen LogP contribution in [0, 0.1) is 17.5 Å². The molecule has 2 N–H and O–H groups in total. The Morgan fingerprint density at radius 1 is 1.32 bits per heavy atom. The lowest BCUT2D eigenvalue weighted by atomic mass is 10.1. The van der Waals surface area contributed by atoms with Crippen LogP contribution in [0.25, 0.3) is 0 Å². The van der Waals surface area contributed by atoms with E-state index in [0.29, 0.717) is 4.31 Å². The van der Waals surface area contributed by atoms with Crippen molar-refractivity contribution in [3.05, 3.63) is 29.6 Å². The van der Waals surface area contributed by atoms with Crippen molar-refractivity contribution in [2.24, 2.45) is 5.73 Å². The van der Waals surface area contributed by atoms with Crippen LogP contribution in [0.5, 0.6) is 0 Å². The number of rotatable bonds is 3. The van der Waals surface area contributed by atoms with Gasteiger partial charge in [0.2, 0.25) is 15.9 Å². The van der Waals surface area contributed by atoms with Gasteiger partial charge in [0.25, 0.3) is 0 Å². The van der Waals surface area contributed by atoms with Crippen molar-refractivity contribution in [3.63, 3.8) is 0 Å². The van der Waals surface area contributed by atoms with Crippen molar-refractivity contribution in [2.45, 2.75) is 24.0 Å². The van der Waals surface area contributed by atoms with Crippen molar-refractivity contribution in [1.29, 1.82) is 0 Å². The molecule has 1 aliphatic heterocycles. The van der Waals surface area contributed by atoms with Gasteiger partial charge in [-0.15, -0.1) is 0 Å². The molecule has 0 saturated carbocycles. The highest BCUT2D eigenvalue weighted by Crippen LogP contribution is 2.28.